The van der Waals surface area contributed by atoms with E-state index >= 15 is 0 Å². The Bertz CT molecular complexity index is 898. The summed E-state index contributed by atoms with van der Waals surface area (Å²) in [7, 11) is 0. The molecular weight excluding hydrogens is 278 g/mol. The molecule has 1 heterocycles. The number of fused-ring (bicyclic) bond motifs is 1. The monoisotopic (exact) mass is 293 g/mol. The lowest BCUT2D eigenvalue weighted by Gasteiger charge is -2.09. The summed E-state index contributed by atoms with van der Waals surface area (Å²) in [4.78, 5) is 23.0. The SMILES string of the molecule is CC(C(N)=O)c1ccc(-c2n[nH]c(=O)c3ccccc23)cc1. The molecule has 1 unspecified atom stereocenters. The second-order valence-corrected chi connectivity index (χ2v) is 5.19. The van der Waals surface area contributed by atoms with Crippen LogP contribution in [0.2, 0.25) is 0 Å². The standard InChI is InChI=1S/C17H15N3O2/c1-10(16(18)21)11-6-8-12(9-7-11)15-13-4-2-3-5-14(13)17(22)20-19-15/h2-10H,1H3,(H2,18,21)(H,20,22). The number of amides is 1. The number of nitrogens with zero attached hydrogens (tertiary/aromatic N) is 1. The minimum atomic E-state index is -0.361. The first-order chi connectivity index (χ1) is 10.6. The van der Waals surface area contributed by atoms with E-state index in [1.54, 1.807) is 13.0 Å². The first-order valence-corrected chi connectivity index (χ1v) is 6.95. The smallest absolute Gasteiger partial charge is 0.272 e. The third-order valence-electron chi connectivity index (χ3n) is 3.81. The van der Waals surface area contributed by atoms with Gasteiger partial charge in [0, 0.05) is 10.9 Å². The van der Waals surface area contributed by atoms with Crippen molar-refractivity contribution in [1.82, 2.24) is 10.2 Å². The first-order valence-electron chi connectivity index (χ1n) is 6.95. The highest BCUT2D eigenvalue weighted by Crippen LogP contribution is 2.25. The number of aromatic nitrogens is 2. The molecule has 0 aliphatic carbocycles. The maximum absolute atomic E-state index is 11.8. The van der Waals surface area contributed by atoms with Gasteiger partial charge in [-0.2, -0.15) is 5.10 Å². The third kappa shape index (κ3) is 2.37. The average molecular weight is 293 g/mol. The molecule has 2 aromatic carbocycles. The van der Waals surface area contributed by atoms with E-state index in [2.05, 4.69) is 10.2 Å². The Kier molecular flexibility index (Phi) is 3.47. The van der Waals surface area contributed by atoms with Gasteiger partial charge in [0.15, 0.2) is 0 Å². The topological polar surface area (TPSA) is 88.8 Å². The van der Waals surface area contributed by atoms with E-state index in [-0.39, 0.29) is 17.4 Å². The van der Waals surface area contributed by atoms with Crippen LogP contribution in [0.4, 0.5) is 0 Å². The molecule has 22 heavy (non-hydrogen) atoms. The molecule has 3 aromatic rings. The van der Waals surface area contributed by atoms with Gasteiger partial charge >= 0.3 is 0 Å². The Morgan fingerprint density at radius 1 is 1.09 bits per heavy atom. The van der Waals surface area contributed by atoms with Crippen molar-refractivity contribution in [2.24, 2.45) is 5.73 Å². The van der Waals surface area contributed by atoms with Crippen molar-refractivity contribution in [2.45, 2.75) is 12.8 Å². The van der Waals surface area contributed by atoms with Gasteiger partial charge in [0.25, 0.3) is 5.56 Å². The van der Waals surface area contributed by atoms with E-state index in [0.29, 0.717) is 11.1 Å². The Morgan fingerprint density at radius 3 is 2.36 bits per heavy atom. The van der Waals surface area contributed by atoms with Gasteiger partial charge < -0.3 is 5.73 Å². The van der Waals surface area contributed by atoms with E-state index in [4.69, 9.17) is 5.73 Å². The number of benzene rings is 2. The van der Waals surface area contributed by atoms with E-state index < -0.39 is 0 Å². The fourth-order valence-electron chi connectivity index (χ4n) is 2.43. The number of hydrogen-bond acceptors (Lipinski definition) is 3. The summed E-state index contributed by atoms with van der Waals surface area (Å²) in [6, 6.07) is 14.8. The number of nitrogens with one attached hydrogen (secondary N) is 1. The van der Waals surface area contributed by atoms with Gasteiger partial charge in [0.2, 0.25) is 5.91 Å². The number of primary amides is 1. The van der Waals surface area contributed by atoms with Crippen LogP contribution in [0.1, 0.15) is 18.4 Å². The summed E-state index contributed by atoms with van der Waals surface area (Å²) >= 11 is 0. The Balaban J connectivity index is 2.11. The normalized spacial score (nSPS) is 12.2. The highest BCUT2D eigenvalue weighted by molar-refractivity contribution is 5.93. The molecule has 3 rings (SSSR count). The quantitative estimate of drug-likeness (QED) is 0.775. The van der Waals surface area contributed by atoms with E-state index in [0.717, 1.165) is 16.5 Å². The highest BCUT2D eigenvalue weighted by Gasteiger charge is 2.13. The number of carbonyl (C=O) groups excluding carboxylic acids is 1. The van der Waals surface area contributed by atoms with Crippen molar-refractivity contribution >= 4 is 16.7 Å². The fraction of sp³-hybridized carbons (Fsp3) is 0.118. The van der Waals surface area contributed by atoms with Gasteiger partial charge in [-0.15, -0.1) is 0 Å². The van der Waals surface area contributed by atoms with E-state index in [1.165, 1.54) is 0 Å². The summed E-state index contributed by atoms with van der Waals surface area (Å²) in [5, 5.41) is 8.07. The molecule has 1 aromatic heterocycles. The van der Waals surface area contributed by atoms with Gasteiger partial charge in [0.05, 0.1) is 17.0 Å². The molecule has 3 N–H and O–H groups in total. The maximum atomic E-state index is 11.8. The summed E-state index contributed by atoms with van der Waals surface area (Å²) in [5.74, 6) is -0.699. The third-order valence-corrected chi connectivity index (χ3v) is 3.81. The molecule has 0 spiro atoms. The van der Waals surface area contributed by atoms with Crippen LogP contribution in [-0.4, -0.2) is 16.1 Å². The molecule has 0 aliphatic heterocycles. The van der Waals surface area contributed by atoms with Crippen molar-refractivity contribution in [3.8, 4) is 11.3 Å². The molecule has 5 heteroatoms. The zero-order valence-electron chi connectivity index (χ0n) is 12.0. The molecular formula is C17H15N3O2. The number of nitrogens with two attached hydrogens (primary N) is 1. The zero-order chi connectivity index (χ0) is 15.7. The molecule has 1 amide bonds. The maximum Gasteiger partial charge on any atom is 0.272 e. The summed E-state index contributed by atoms with van der Waals surface area (Å²) < 4.78 is 0. The number of carbonyl (C=O) groups is 1. The van der Waals surface area contributed by atoms with Crippen molar-refractivity contribution in [3.63, 3.8) is 0 Å². The van der Waals surface area contributed by atoms with Gasteiger partial charge in [-0.25, -0.2) is 5.10 Å². The van der Waals surface area contributed by atoms with Crippen molar-refractivity contribution in [2.75, 3.05) is 0 Å². The van der Waals surface area contributed by atoms with Crippen LogP contribution >= 0.6 is 0 Å². The molecule has 0 saturated heterocycles. The van der Waals surface area contributed by atoms with E-state index in [9.17, 15) is 9.59 Å². The Labute approximate surface area is 126 Å². The number of H-pyrrole nitrogens is 1. The van der Waals surface area contributed by atoms with Crippen LogP contribution in [-0.2, 0) is 4.79 Å². The van der Waals surface area contributed by atoms with Crippen LogP contribution in [0.25, 0.3) is 22.0 Å². The van der Waals surface area contributed by atoms with Crippen LogP contribution in [0.5, 0.6) is 0 Å². The largest absolute Gasteiger partial charge is 0.369 e. The number of aromatic amines is 1. The van der Waals surface area contributed by atoms with E-state index in [1.807, 2.05) is 42.5 Å². The Hall–Kier alpha value is -2.95. The molecule has 5 nitrogen and oxygen atoms in total. The lowest BCUT2D eigenvalue weighted by molar-refractivity contribution is -0.119. The number of rotatable bonds is 3. The molecule has 0 saturated carbocycles. The van der Waals surface area contributed by atoms with Crippen molar-refractivity contribution in [1.29, 1.82) is 0 Å². The molecule has 0 aliphatic rings. The van der Waals surface area contributed by atoms with Crippen molar-refractivity contribution < 1.29 is 4.79 Å². The zero-order valence-corrected chi connectivity index (χ0v) is 12.0. The van der Waals surface area contributed by atoms with Crippen LogP contribution in [0.15, 0.2) is 53.3 Å². The second-order valence-electron chi connectivity index (χ2n) is 5.19. The molecule has 1 atom stereocenters. The van der Waals surface area contributed by atoms with Gasteiger partial charge in [-0.05, 0) is 18.6 Å². The van der Waals surface area contributed by atoms with Crippen molar-refractivity contribution in [3.05, 3.63) is 64.4 Å². The van der Waals surface area contributed by atoms with Crippen LogP contribution < -0.4 is 11.3 Å². The minimum absolute atomic E-state index is 0.210. The number of hydrogen-bond donors (Lipinski definition) is 2. The molecule has 0 bridgehead atoms. The van der Waals surface area contributed by atoms with Crippen LogP contribution in [0, 0.1) is 0 Å². The average Bonchev–Trinajstić information content (AvgIpc) is 2.55. The summed E-state index contributed by atoms with van der Waals surface area (Å²) in [6.45, 7) is 1.77. The highest BCUT2D eigenvalue weighted by atomic mass is 16.1. The van der Waals surface area contributed by atoms with Gasteiger partial charge in [-0.1, -0.05) is 42.5 Å². The molecule has 0 radical (unpaired) electrons. The fourth-order valence-corrected chi connectivity index (χ4v) is 2.43. The second kappa shape index (κ2) is 5.44. The minimum Gasteiger partial charge on any atom is -0.369 e. The molecule has 0 fully saturated rings. The van der Waals surface area contributed by atoms with Crippen LogP contribution in [0.3, 0.4) is 0 Å². The van der Waals surface area contributed by atoms with Gasteiger partial charge in [-0.3, -0.25) is 9.59 Å². The predicted molar refractivity (Wildman–Crippen MR) is 85.4 cm³/mol. The predicted octanol–water partition coefficient (Wildman–Crippen LogP) is 2.18. The summed E-state index contributed by atoms with van der Waals surface area (Å²) in [6.07, 6.45) is 0. The van der Waals surface area contributed by atoms with Gasteiger partial charge in [0.1, 0.15) is 0 Å². The first kappa shape index (κ1) is 14.0. The lowest BCUT2D eigenvalue weighted by atomic mass is 9.97. The Morgan fingerprint density at radius 2 is 1.73 bits per heavy atom. The lowest BCUT2D eigenvalue weighted by Crippen LogP contribution is -2.18. The molecule has 110 valence electrons. The summed E-state index contributed by atoms with van der Waals surface area (Å²) in [5.41, 5.74) is 7.53.